The van der Waals surface area contributed by atoms with Gasteiger partial charge < -0.3 is 9.84 Å². The average molecular weight is 327 g/mol. The summed E-state index contributed by atoms with van der Waals surface area (Å²) in [4.78, 5) is 2.56. The van der Waals surface area contributed by atoms with Gasteiger partial charge in [0.2, 0.25) is 0 Å². The fourth-order valence-electron chi connectivity index (χ4n) is 4.38. The zero-order chi connectivity index (χ0) is 16.4. The summed E-state index contributed by atoms with van der Waals surface area (Å²) in [6, 6.07) is 8.23. The molecule has 1 saturated heterocycles. The van der Waals surface area contributed by atoms with Crippen molar-refractivity contribution in [1.29, 1.82) is 0 Å². The molecule has 1 atom stereocenters. The number of aromatic nitrogens is 2. The Balaban J connectivity index is 1.46. The second-order valence-electron chi connectivity index (χ2n) is 7.08. The molecule has 1 aromatic carbocycles. The van der Waals surface area contributed by atoms with Crippen molar-refractivity contribution in [2.45, 2.75) is 37.6 Å². The van der Waals surface area contributed by atoms with Crippen LogP contribution in [0.5, 0.6) is 5.75 Å². The Kier molecular flexibility index (Phi) is 4.29. The summed E-state index contributed by atoms with van der Waals surface area (Å²) in [5.74, 6) is 0.838. The fourth-order valence-corrected chi connectivity index (χ4v) is 4.38. The molecule has 1 unspecified atom stereocenters. The minimum Gasteiger partial charge on any atom is -0.491 e. The maximum absolute atomic E-state index is 8.90. The highest BCUT2D eigenvalue weighted by atomic mass is 16.5. The van der Waals surface area contributed by atoms with Gasteiger partial charge in [-0.2, -0.15) is 5.10 Å². The van der Waals surface area contributed by atoms with Gasteiger partial charge in [0.1, 0.15) is 12.4 Å². The number of hydrogen-bond acceptors (Lipinski definition) is 4. The van der Waals surface area contributed by atoms with Gasteiger partial charge in [0.25, 0.3) is 0 Å². The number of fused-ring (bicyclic) bond motifs is 2. The van der Waals surface area contributed by atoms with Crippen molar-refractivity contribution in [1.82, 2.24) is 15.1 Å². The monoisotopic (exact) mass is 327 g/mol. The SMILES string of the molecule is OCCOc1cccc(CN2CCCC3(CCc4cn[nH]c43)C2)c1. The number of aliphatic hydroxyl groups excluding tert-OH is 1. The molecule has 0 radical (unpaired) electrons. The average Bonchev–Trinajstić information content (AvgIpc) is 3.19. The molecule has 128 valence electrons. The first-order valence-electron chi connectivity index (χ1n) is 8.87. The van der Waals surface area contributed by atoms with E-state index >= 15 is 0 Å². The normalized spacial score (nSPS) is 23.5. The third-order valence-corrected chi connectivity index (χ3v) is 5.44. The van der Waals surface area contributed by atoms with Crippen molar-refractivity contribution in [3.8, 4) is 5.75 Å². The Morgan fingerprint density at radius 2 is 2.29 bits per heavy atom. The van der Waals surface area contributed by atoms with Gasteiger partial charge in [-0.1, -0.05) is 12.1 Å². The Bertz CT molecular complexity index is 699. The molecule has 0 bridgehead atoms. The van der Waals surface area contributed by atoms with Crippen molar-refractivity contribution in [2.75, 3.05) is 26.3 Å². The quantitative estimate of drug-likeness (QED) is 0.884. The summed E-state index contributed by atoms with van der Waals surface area (Å²) in [5, 5.41) is 16.4. The molecule has 2 aliphatic rings. The van der Waals surface area contributed by atoms with Crippen LogP contribution in [0.2, 0.25) is 0 Å². The lowest BCUT2D eigenvalue weighted by Gasteiger charge is -2.40. The Hall–Kier alpha value is -1.85. The van der Waals surface area contributed by atoms with Crippen LogP contribution in [0.1, 0.15) is 36.1 Å². The van der Waals surface area contributed by atoms with Gasteiger partial charge in [-0.25, -0.2) is 0 Å². The third-order valence-electron chi connectivity index (χ3n) is 5.44. The summed E-state index contributed by atoms with van der Waals surface area (Å²) in [6.07, 6.45) is 6.90. The van der Waals surface area contributed by atoms with Gasteiger partial charge in [0.15, 0.2) is 0 Å². The first kappa shape index (κ1) is 15.7. The van der Waals surface area contributed by atoms with Crippen molar-refractivity contribution < 1.29 is 9.84 Å². The van der Waals surface area contributed by atoms with Crippen LogP contribution in [0.25, 0.3) is 0 Å². The first-order chi connectivity index (χ1) is 11.8. The van der Waals surface area contributed by atoms with E-state index in [2.05, 4.69) is 27.2 Å². The van der Waals surface area contributed by atoms with Crippen molar-refractivity contribution in [3.05, 3.63) is 47.3 Å². The van der Waals surface area contributed by atoms with E-state index < -0.39 is 0 Å². The second kappa shape index (κ2) is 6.57. The van der Waals surface area contributed by atoms with Crippen LogP contribution in [0.3, 0.4) is 0 Å². The maximum Gasteiger partial charge on any atom is 0.119 e. The molecule has 2 aromatic rings. The van der Waals surface area contributed by atoms with E-state index in [1.165, 1.54) is 36.1 Å². The van der Waals surface area contributed by atoms with Crippen LogP contribution in [-0.4, -0.2) is 46.5 Å². The molecule has 1 aliphatic carbocycles. The van der Waals surface area contributed by atoms with Crippen LogP contribution in [0, 0.1) is 0 Å². The number of likely N-dealkylation sites (tertiary alicyclic amines) is 1. The van der Waals surface area contributed by atoms with Crippen LogP contribution >= 0.6 is 0 Å². The maximum atomic E-state index is 8.90. The van der Waals surface area contributed by atoms with Gasteiger partial charge in [-0.15, -0.1) is 0 Å². The number of H-pyrrole nitrogens is 1. The molecule has 1 spiro atoms. The van der Waals surface area contributed by atoms with Gasteiger partial charge in [0.05, 0.1) is 12.8 Å². The van der Waals surface area contributed by atoms with Crippen molar-refractivity contribution in [3.63, 3.8) is 0 Å². The summed E-state index contributed by atoms with van der Waals surface area (Å²) in [5.41, 5.74) is 4.34. The lowest BCUT2D eigenvalue weighted by molar-refractivity contribution is 0.136. The van der Waals surface area contributed by atoms with E-state index in [1.54, 1.807) is 0 Å². The lowest BCUT2D eigenvalue weighted by Crippen LogP contribution is -2.44. The van der Waals surface area contributed by atoms with E-state index in [9.17, 15) is 0 Å². The Morgan fingerprint density at radius 3 is 3.21 bits per heavy atom. The minimum atomic E-state index is 0.0470. The molecule has 2 N–H and O–H groups in total. The predicted molar refractivity (Wildman–Crippen MR) is 92.1 cm³/mol. The molecule has 0 saturated carbocycles. The molecular weight excluding hydrogens is 302 g/mol. The van der Waals surface area contributed by atoms with E-state index in [1.807, 2.05) is 18.3 Å². The highest BCUT2D eigenvalue weighted by Crippen LogP contribution is 2.44. The van der Waals surface area contributed by atoms with E-state index in [0.29, 0.717) is 6.61 Å². The van der Waals surface area contributed by atoms with Crippen molar-refractivity contribution in [2.24, 2.45) is 0 Å². The molecule has 1 fully saturated rings. The van der Waals surface area contributed by atoms with Gasteiger partial charge in [-0.3, -0.25) is 10.00 Å². The third kappa shape index (κ3) is 2.94. The number of nitrogens with one attached hydrogen (secondary N) is 1. The number of hydrogen-bond donors (Lipinski definition) is 2. The Morgan fingerprint density at radius 1 is 1.33 bits per heavy atom. The topological polar surface area (TPSA) is 61.4 Å². The molecule has 1 aromatic heterocycles. The lowest BCUT2D eigenvalue weighted by atomic mass is 9.77. The minimum absolute atomic E-state index is 0.0470. The second-order valence-corrected chi connectivity index (χ2v) is 7.08. The fraction of sp³-hybridized carbons (Fsp3) is 0.526. The van der Waals surface area contributed by atoms with Crippen LogP contribution < -0.4 is 4.74 Å². The summed E-state index contributed by atoms with van der Waals surface area (Å²) < 4.78 is 5.53. The van der Waals surface area contributed by atoms with E-state index in [-0.39, 0.29) is 12.0 Å². The first-order valence-corrected chi connectivity index (χ1v) is 8.87. The molecule has 24 heavy (non-hydrogen) atoms. The molecule has 5 nitrogen and oxygen atoms in total. The number of ether oxygens (including phenoxy) is 1. The number of piperidine rings is 1. The number of aliphatic hydroxyl groups is 1. The van der Waals surface area contributed by atoms with Gasteiger partial charge in [-0.05, 0) is 55.5 Å². The van der Waals surface area contributed by atoms with E-state index in [0.717, 1.165) is 31.8 Å². The highest BCUT2D eigenvalue weighted by Gasteiger charge is 2.43. The number of benzene rings is 1. The van der Waals surface area contributed by atoms with E-state index in [4.69, 9.17) is 9.84 Å². The molecule has 2 heterocycles. The van der Waals surface area contributed by atoms with Gasteiger partial charge in [0, 0.05) is 24.2 Å². The van der Waals surface area contributed by atoms with Crippen molar-refractivity contribution >= 4 is 0 Å². The summed E-state index contributed by atoms with van der Waals surface area (Å²) in [6.45, 7) is 3.59. The van der Waals surface area contributed by atoms with Crippen LogP contribution in [0.4, 0.5) is 0 Å². The standard InChI is InChI=1S/C19H25N3O2/c23-9-10-24-17-4-1-3-15(11-17)13-22-8-2-6-19(14-22)7-5-16-12-20-21-18(16)19/h1,3-4,11-12,23H,2,5-10,13-14H2,(H,20,21). The zero-order valence-corrected chi connectivity index (χ0v) is 14.0. The number of aromatic amines is 1. The zero-order valence-electron chi connectivity index (χ0n) is 14.0. The summed E-state index contributed by atoms with van der Waals surface area (Å²) >= 11 is 0. The molecular formula is C19H25N3O2. The van der Waals surface area contributed by atoms with Crippen LogP contribution in [0.15, 0.2) is 30.5 Å². The highest BCUT2D eigenvalue weighted by molar-refractivity contribution is 5.33. The smallest absolute Gasteiger partial charge is 0.119 e. The largest absolute Gasteiger partial charge is 0.491 e. The molecule has 1 aliphatic heterocycles. The number of nitrogens with zero attached hydrogens (tertiary/aromatic N) is 2. The summed E-state index contributed by atoms with van der Waals surface area (Å²) in [7, 11) is 0. The van der Waals surface area contributed by atoms with Crippen LogP contribution in [-0.2, 0) is 18.4 Å². The number of rotatable bonds is 5. The van der Waals surface area contributed by atoms with Gasteiger partial charge >= 0.3 is 0 Å². The number of aryl methyl sites for hydroxylation is 1. The molecule has 0 amide bonds. The molecule has 5 heteroatoms. The predicted octanol–water partition coefficient (Wildman–Crippen LogP) is 2.26. The molecule has 4 rings (SSSR count). The Labute approximate surface area is 142 Å².